The molecule has 2 heterocycles. The van der Waals surface area contributed by atoms with E-state index in [1.807, 2.05) is 0 Å². The van der Waals surface area contributed by atoms with Gasteiger partial charge in [0.05, 0.1) is 11.0 Å². The van der Waals surface area contributed by atoms with Crippen LogP contribution in [-0.4, -0.2) is 14.8 Å². The third-order valence-corrected chi connectivity index (χ3v) is 8.81. The summed E-state index contributed by atoms with van der Waals surface area (Å²) in [7, 11) is 0. The number of nitrogens with zero attached hydrogens (tertiary/aromatic N) is 3. The van der Waals surface area contributed by atoms with Gasteiger partial charge in [0.15, 0.2) is 0 Å². The molecule has 4 heteroatoms. The van der Waals surface area contributed by atoms with Gasteiger partial charge in [-0.05, 0) is 121 Å². The molecule has 0 bridgehead atoms. The highest BCUT2D eigenvalue weighted by Gasteiger charge is 2.19. The van der Waals surface area contributed by atoms with Gasteiger partial charge < -0.3 is 8.98 Å². The molecule has 0 saturated heterocycles. The molecule has 0 amide bonds. The SMILES string of the molecule is Cc1cc(-c2nnc(-c3ccc(C(C)(C)C)cc3)o2)cc(C)c1-c1c(C)cc(-n2c3ccccc3c3ccccc32)cc1C. The summed E-state index contributed by atoms with van der Waals surface area (Å²) >= 11 is 0. The number of rotatable bonds is 4. The molecule has 4 nitrogen and oxygen atoms in total. The molecule has 5 aromatic carbocycles. The van der Waals surface area contributed by atoms with Crippen LogP contribution in [0.3, 0.4) is 0 Å². The van der Waals surface area contributed by atoms with Crippen LogP contribution in [0.4, 0.5) is 0 Å². The largest absolute Gasteiger partial charge is 0.416 e. The molecule has 0 radical (unpaired) electrons. The lowest BCUT2D eigenvalue weighted by Crippen LogP contribution is -2.10. The molecule has 7 rings (SSSR count). The summed E-state index contributed by atoms with van der Waals surface area (Å²) in [5.74, 6) is 1.07. The highest BCUT2D eigenvalue weighted by molar-refractivity contribution is 6.09. The molecule has 0 aliphatic carbocycles. The fourth-order valence-electron chi connectivity index (χ4n) is 6.72. The van der Waals surface area contributed by atoms with Crippen molar-refractivity contribution in [1.82, 2.24) is 14.8 Å². The third-order valence-electron chi connectivity index (χ3n) is 8.81. The Bertz CT molecular complexity index is 2090. The predicted octanol–water partition coefficient (Wildman–Crippen LogP) is 10.7. The van der Waals surface area contributed by atoms with Crippen molar-refractivity contribution in [3.63, 3.8) is 0 Å². The minimum atomic E-state index is 0.0946. The van der Waals surface area contributed by atoms with Crippen molar-refractivity contribution < 1.29 is 4.42 Å². The molecule has 0 saturated carbocycles. The van der Waals surface area contributed by atoms with Crippen molar-refractivity contribution in [2.45, 2.75) is 53.9 Å². The van der Waals surface area contributed by atoms with E-state index in [0.29, 0.717) is 11.8 Å². The Morgan fingerprint density at radius 3 is 1.50 bits per heavy atom. The molecule has 0 aliphatic rings. The smallest absolute Gasteiger partial charge is 0.248 e. The van der Waals surface area contributed by atoms with Crippen molar-refractivity contribution in [3.05, 3.63) is 125 Å². The Morgan fingerprint density at radius 1 is 0.545 bits per heavy atom. The molecule has 0 spiro atoms. The Labute approximate surface area is 259 Å². The lowest BCUT2D eigenvalue weighted by molar-refractivity contribution is 0.582. The number of fused-ring (bicyclic) bond motifs is 3. The van der Waals surface area contributed by atoms with Crippen LogP contribution in [0.1, 0.15) is 48.6 Å². The summed E-state index contributed by atoms with van der Waals surface area (Å²) in [4.78, 5) is 0. The highest BCUT2D eigenvalue weighted by atomic mass is 16.4. The highest BCUT2D eigenvalue weighted by Crippen LogP contribution is 2.39. The Kier molecular flexibility index (Phi) is 6.55. The normalized spacial score (nSPS) is 12.0. The zero-order valence-corrected chi connectivity index (χ0v) is 26.5. The maximum Gasteiger partial charge on any atom is 0.248 e. The first-order chi connectivity index (χ1) is 21.1. The average molecular weight is 576 g/mol. The van der Waals surface area contributed by atoms with Crippen LogP contribution >= 0.6 is 0 Å². The van der Waals surface area contributed by atoms with Gasteiger partial charge in [-0.3, -0.25) is 0 Å². The van der Waals surface area contributed by atoms with Gasteiger partial charge >= 0.3 is 0 Å². The minimum absolute atomic E-state index is 0.0946. The van der Waals surface area contributed by atoms with E-state index in [4.69, 9.17) is 4.42 Å². The summed E-state index contributed by atoms with van der Waals surface area (Å²) < 4.78 is 8.58. The van der Waals surface area contributed by atoms with Crippen LogP contribution in [-0.2, 0) is 5.41 Å². The summed E-state index contributed by atoms with van der Waals surface area (Å²) in [6.45, 7) is 15.4. The Morgan fingerprint density at radius 2 is 1.00 bits per heavy atom. The van der Waals surface area contributed by atoms with Crippen LogP contribution < -0.4 is 0 Å². The summed E-state index contributed by atoms with van der Waals surface area (Å²) in [6.07, 6.45) is 0. The number of para-hydroxylation sites is 2. The van der Waals surface area contributed by atoms with E-state index in [0.717, 1.165) is 11.1 Å². The van der Waals surface area contributed by atoms with E-state index in [9.17, 15) is 0 Å². The number of benzene rings is 5. The van der Waals surface area contributed by atoms with Crippen molar-refractivity contribution in [1.29, 1.82) is 0 Å². The van der Waals surface area contributed by atoms with Crippen LogP contribution in [0.25, 0.3) is 61.5 Å². The maximum absolute atomic E-state index is 6.19. The van der Waals surface area contributed by atoms with E-state index < -0.39 is 0 Å². The monoisotopic (exact) mass is 575 g/mol. The van der Waals surface area contributed by atoms with E-state index in [-0.39, 0.29) is 5.41 Å². The second-order valence-corrected chi connectivity index (χ2v) is 13.0. The minimum Gasteiger partial charge on any atom is -0.416 e. The molecule has 0 aliphatic heterocycles. The third kappa shape index (κ3) is 4.62. The maximum atomic E-state index is 6.19. The first-order valence-corrected chi connectivity index (χ1v) is 15.3. The van der Waals surface area contributed by atoms with E-state index in [1.54, 1.807) is 0 Å². The molecular formula is C40H37N3O. The molecule has 0 N–H and O–H groups in total. The fourth-order valence-corrected chi connectivity index (χ4v) is 6.72. The Balaban J connectivity index is 1.26. The molecule has 218 valence electrons. The van der Waals surface area contributed by atoms with Gasteiger partial charge in [-0.2, -0.15) is 0 Å². The van der Waals surface area contributed by atoms with Crippen LogP contribution in [0, 0.1) is 27.7 Å². The van der Waals surface area contributed by atoms with E-state index in [2.05, 4.69) is 160 Å². The number of hydrogen-bond acceptors (Lipinski definition) is 3. The van der Waals surface area contributed by atoms with Crippen LogP contribution in [0.5, 0.6) is 0 Å². The molecular weight excluding hydrogens is 538 g/mol. The van der Waals surface area contributed by atoms with Gasteiger partial charge in [-0.25, -0.2) is 0 Å². The van der Waals surface area contributed by atoms with Crippen molar-refractivity contribution in [3.8, 4) is 39.7 Å². The molecule has 44 heavy (non-hydrogen) atoms. The van der Waals surface area contributed by atoms with Crippen molar-refractivity contribution in [2.24, 2.45) is 0 Å². The summed E-state index contributed by atoms with van der Waals surface area (Å²) in [5, 5.41) is 11.4. The number of aryl methyl sites for hydroxylation is 4. The van der Waals surface area contributed by atoms with Gasteiger partial charge in [0.2, 0.25) is 11.8 Å². The molecule has 0 atom stereocenters. The topological polar surface area (TPSA) is 43.9 Å². The Hall–Kier alpha value is -4.96. The van der Waals surface area contributed by atoms with Gasteiger partial charge in [0.25, 0.3) is 0 Å². The molecule has 0 fully saturated rings. The zero-order chi connectivity index (χ0) is 30.7. The van der Waals surface area contributed by atoms with E-state index >= 15 is 0 Å². The summed E-state index contributed by atoms with van der Waals surface area (Å²) in [6, 6.07) is 34.7. The zero-order valence-electron chi connectivity index (χ0n) is 26.5. The van der Waals surface area contributed by atoms with E-state index in [1.165, 1.54) is 66.4 Å². The molecule has 7 aromatic rings. The lowest BCUT2D eigenvalue weighted by atomic mass is 9.87. The number of aromatic nitrogens is 3. The first-order valence-electron chi connectivity index (χ1n) is 15.3. The van der Waals surface area contributed by atoms with Gasteiger partial charge in [-0.1, -0.05) is 69.3 Å². The number of hydrogen-bond donors (Lipinski definition) is 0. The quantitative estimate of drug-likeness (QED) is 0.210. The molecule has 0 unspecified atom stereocenters. The van der Waals surface area contributed by atoms with Gasteiger partial charge in [0.1, 0.15) is 0 Å². The van der Waals surface area contributed by atoms with Crippen LogP contribution in [0.2, 0.25) is 0 Å². The molecule has 2 aromatic heterocycles. The van der Waals surface area contributed by atoms with Crippen molar-refractivity contribution >= 4 is 21.8 Å². The fraction of sp³-hybridized carbons (Fsp3) is 0.200. The predicted molar refractivity (Wildman–Crippen MR) is 183 cm³/mol. The van der Waals surface area contributed by atoms with Gasteiger partial charge in [0, 0.05) is 27.6 Å². The van der Waals surface area contributed by atoms with Crippen molar-refractivity contribution in [2.75, 3.05) is 0 Å². The standard InChI is InChI=1S/C40H37N3O/c1-24-20-29(39-42-41-38(44-39)28-16-18-30(19-17-28)40(5,6)7)21-25(2)36(24)37-26(3)22-31(23-27(37)4)43-34-14-10-8-12-32(34)33-13-9-11-15-35(33)43/h8-23H,1-7H3. The van der Waals surface area contributed by atoms with Gasteiger partial charge in [-0.15, -0.1) is 10.2 Å². The first kappa shape index (κ1) is 27.8. The summed E-state index contributed by atoms with van der Waals surface area (Å²) in [5.41, 5.74) is 14.3. The van der Waals surface area contributed by atoms with Crippen LogP contribution in [0.15, 0.2) is 101 Å². The lowest BCUT2D eigenvalue weighted by Gasteiger charge is -2.19. The second kappa shape index (κ2) is 10.3. The average Bonchev–Trinajstić information content (AvgIpc) is 3.61. The second-order valence-electron chi connectivity index (χ2n) is 13.0.